The Hall–Kier alpha value is -0.248. The molecule has 0 unspecified atom stereocenters. The van der Waals surface area contributed by atoms with Crippen LogP contribution in [-0.4, -0.2) is 0 Å². The molecule has 24 heavy (non-hydrogen) atoms. The zero-order valence-electron chi connectivity index (χ0n) is 15.1. The van der Waals surface area contributed by atoms with Crippen LogP contribution in [0.1, 0.15) is 23.6 Å². The minimum Gasteiger partial charge on any atom is -0.780 e. The Bertz CT molecular complexity index is 888. The molecule has 3 rings (SSSR count). The molecule has 0 N–H and O–H groups in total. The van der Waals surface area contributed by atoms with Gasteiger partial charge in [-0.3, -0.25) is 0 Å². The van der Waals surface area contributed by atoms with Crippen molar-refractivity contribution in [2.45, 2.75) is 32.6 Å². The van der Waals surface area contributed by atoms with Gasteiger partial charge in [0.15, 0.2) is 0 Å². The molecule has 0 fully saturated rings. The summed E-state index contributed by atoms with van der Waals surface area (Å²) in [5.74, 6) is 2.25. The Balaban J connectivity index is 0.000000671. The Labute approximate surface area is 210 Å². The van der Waals surface area contributed by atoms with E-state index in [0.29, 0.717) is 0 Å². The van der Waals surface area contributed by atoms with Crippen LogP contribution in [0.5, 0.6) is 0 Å². The van der Waals surface area contributed by atoms with Gasteiger partial charge < -0.3 is 12.6 Å². The molecule has 0 nitrogen and oxygen atoms in total. The second-order valence-corrected chi connectivity index (χ2v) is 6.20. The predicted molar refractivity (Wildman–Crippen MR) is 104 cm³/mol. The number of hydrogen-bond acceptors (Lipinski definition) is 1. The summed E-state index contributed by atoms with van der Waals surface area (Å²) in [6.07, 6.45) is 4.60. The van der Waals surface area contributed by atoms with E-state index in [1.807, 2.05) is 6.07 Å². The summed E-state index contributed by atoms with van der Waals surface area (Å²) < 4.78 is 0. The average Bonchev–Trinajstić information content (AvgIpc) is 2.49. The summed E-state index contributed by atoms with van der Waals surface area (Å²) in [5.41, 5.74) is 6.46. The van der Waals surface area contributed by atoms with Crippen LogP contribution in [0, 0.1) is 33.1 Å². The second kappa shape index (κ2) is 10.0. The molecule has 0 saturated carbocycles. The average molecular weight is 450 g/mol. The molecule has 0 aliphatic rings. The van der Waals surface area contributed by atoms with E-state index in [2.05, 4.69) is 75.6 Å². The number of benzene rings is 3. The first-order chi connectivity index (χ1) is 11.0. The van der Waals surface area contributed by atoms with Gasteiger partial charge in [0.1, 0.15) is 0 Å². The molecule has 0 heterocycles. The Kier molecular flexibility index (Phi) is 9.11. The maximum absolute atomic E-state index is 5.23. The molecule has 0 radical (unpaired) electrons. The molecule has 0 bridgehead atoms. The molecule has 0 aliphatic heterocycles. The van der Waals surface area contributed by atoms with Gasteiger partial charge in [0, 0.05) is 0 Å². The van der Waals surface area contributed by atoms with Crippen LogP contribution < -0.4 is 68.9 Å². The topological polar surface area (TPSA) is 0 Å². The van der Waals surface area contributed by atoms with Crippen molar-refractivity contribution >= 4 is 23.4 Å². The van der Waals surface area contributed by atoms with E-state index in [9.17, 15) is 0 Å². The van der Waals surface area contributed by atoms with Gasteiger partial charge in [0.05, 0.1) is 0 Å². The van der Waals surface area contributed by atoms with Crippen molar-refractivity contribution in [3.05, 3.63) is 65.2 Å². The number of terminal acetylenes is 1. The van der Waals surface area contributed by atoms with Gasteiger partial charge in [-0.1, -0.05) is 54.1 Å². The van der Waals surface area contributed by atoms with E-state index in [-0.39, 0.29) is 68.9 Å². The first-order valence-electron chi connectivity index (χ1n) is 7.63. The van der Waals surface area contributed by atoms with Crippen molar-refractivity contribution in [2.24, 2.45) is 0 Å². The third kappa shape index (κ3) is 5.13. The van der Waals surface area contributed by atoms with Crippen molar-refractivity contribution in [2.75, 3.05) is 0 Å². The summed E-state index contributed by atoms with van der Waals surface area (Å²) in [6, 6.07) is 17.3. The molecule has 2 heteroatoms. The van der Waals surface area contributed by atoms with E-state index in [4.69, 9.17) is 12.6 Å². The van der Waals surface area contributed by atoms with E-state index in [1.54, 1.807) is 6.92 Å². The maximum Gasteiger partial charge on any atom is 1.00 e. The van der Waals surface area contributed by atoms with E-state index in [0.717, 1.165) is 4.90 Å². The molecule has 0 atom stereocenters. The van der Waals surface area contributed by atoms with Crippen LogP contribution in [0.4, 0.5) is 0 Å². The monoisotopic (exact) mass is 450 g/mol. The van der Waals surface area contributed by atoms with Crippen molar-refractivity contribution in [1.82, 2.24) is 0 Å². The zero-order valence-corrected chi connectivity index (χ0v) is 22.2. The van der Waals surface area contributed by atoms with Gasteiger partial charge in [0.25, 0.3) is 0 Å². The van der Waals surface area contributed by atoms with Gasteiger partial charge in [-0.05, 0) is 60.7 Å². The molecule has 0 spiro atoms. The summed E-state index contributed by atoms with van der Waals surface area (Å²) in [6.45, 7) is 8.12. The van der Waals surface area contributed by atoms with E-state index in [1.165, 1.54) is 38.6 Å². The van der Waals surface area contributed by atoms with E-state index < -0.39 is 0 Å². The first kappa shape index (κ1) is 21.8. The molecule has 116 valence electrons. The largest absolute Gasteiger partial charge is 1.00 e. The van der Waals surface area contributed by atoms with E-state index >= 15 is 0 Å². The molecule has 0 amide bonds. The number of rotatable bonds is 1. The smallest absolute Gasteiger partial charge is 0.780 e. The summed E-state index contributed by atoms with van der Waals surface area (Å²) in [7, 11) is 0. The molecule has 0 aromatic heterocycles. The standard InChI is InChI=1S/C19H18S.C3H4.Cs/c1-12-4-7-18-14(3)19(8-5-15(18)10-12)17-9-6-16(20)11-13(17)2;1-3-2;/h4-11,20H,1-3H3;1H,2H3;/q;;+1/p-1. The molecule has 3 aromatic carbocycles. The molecule has 3 aromatic rings. The van der Waals surface area contributed by atoms with Crippen LogP contribution in [0.15, 0.2) is 53.4 Å². The van der Waals surface area contributed by atoms with Crippen molar-refractivity contribution in [1.29, 1.82) is 0 Å². The maximum atomic E-state index is 5.23. The normalized spacial score (nSPS) is 9.46. The minimum absolute atomic E-state index is 0. The second-order valence-electron chi connectivity index (χ2n) is 5.73. The SMILES string of the molecule is C#CC.Cc1ccc2c(C)c(-c3ccc([S-])cc3C)ccc2c1.[Cs+]. The summed E-state index contributed by atoms with van der Waals surface area (Å²) >= 11 is 5.23. The van der Waals surface area contributed by atoms with Crippen molar-refractivity contribution in [3.63, 3.8) is 0 Å². The Morgan fingerprint density at radius 2 is 1.50 bits per heavy atom. The fourth-order valence-electron chi connectivity index (χ4n) is 2.83. The van der Waals surface area contributed by atoms with Gasteiger partial charge in [-0.15, -0.1) is 12.3 Å². The molecule has 0 aliphatic carbocycles. The van der Waals surface area contributed by atoms with Crippen molar-refractivity contribution in [3.8, 4) is 23.5 Å². The third-order valence-electron chi connectivity index (χ3n) is 3.93. The molecule has 0 saturated heterocycles. The molecular formula is C22H21CsS. The molecular weight excluding hydrogens is 429 g/mol. The van der Waals surface area contributed by atoms with Gasteiger partial charge in [-0.2, -0.15) is 4.90 Å². The first-order valence-corrected chi connectivity index (χ1v) is 8.04. The van der Waals surface area contributed by atoms with Gasteiger partial charge >= 0.3 is 68.9 Å². The van der Waals surface area contributed by atoms with Crippen LogP contribution in [-0.2, 0) is 12.6 Å². The fourth-order valence-corrected chi connectivity index (χ4v) is 3.08. The number of aryl methyl sites for hydroxylation is 3. The van der Waals surface area contributed by atoms with Gasteiger partial charge in [-0.25, -0.2) is 0 Å². The third-order valence-corrected chi connectivity index (χ3v) is 4.19. The number of fused-ring (bicyclic) bond motifs is 1. The van der Waals surface area contributed by atoms with Crippen LogP contribution in [0.2, 0.25) is 0 Å². The Morgan fingerprint density at radius 1 is 0.875 bits per heavy atom. The summed E-state index contributed by atoms with van der Waals surface area (Å²) in [5, 5.41) is 2.64. The van der Waals surface area contributed by atoms with Crippen LogP contribution >= 0.6 is 0 Å². The predicted octanol–water partition coefficient (Wildman–Crippen LogP) is 2.98. The van der Waals surface area contributed by atoms with Crippen LogP contribution in [0.25, 0.3) is 21.9 Å². The quantitative estimate of drug-likeness (QED) is 0.406. The summed E-state index contributed by atoms with van der Waals surface area (Å²) in [4.78, 5) is 0.903. The van der Waals surface area contributed by atoms with Crippen molar-refractivity contribution < 1.29 is 68.9 Å². The number of hydrogen-bond donors (Lipinski definition) is 0. The Morgan fingerprint density at radius 3 is 2.12 bits per heavy atom. The fraction of sp³-hybridized carbons (Fsp3) is 0.182. The van der Waals surface area contributed by atoms with Crippen LogP contribution in [0.3, 0.4) is 0 Å². The minimum atomic E-state index is 0. The van der Waals surface area contributed by atoms with Gasteiger partial charge in [0.2, 0.25) is 0 Å². The zero-order chi connectivity index (χ0) is 17.0.